The molecule has 1 aliphatic rings. The van der Waals surface area contributed by atoms with Crippen molar-refractivity contribution in [3.8, 4) is 5.69 Å². The van der Waals surface area contributed by atoms with E-state index < -0.39 is 40.0 Å². The van der Waals surface area contributed by atoms with Crippen LogP contribution in [0.25, 0.3) is 11.4 Å². The fourth-order valence-electron chi connectivity index (χ4n) is 3.25. The van der Waals surface area contributed by atoms with Crippen LogP contribution in [0, 0.1) is 0 Å². The van der Waals surface area contributed by atoms with Gasteiger partial charge in [-0.05, 0) is 30.7 Å². The van der Waals surface area contributed by atoms with Crippen LogP contribution in [-0.2, 0) is 10.7 Å². The number of benzene rings is 1. The normalized spacial score (nSPS) is 14.4. The summed E-state index contributed by atoms with van der Waals surface area (Å²) in [6.07, 6.45) is 0.843. The Morgan fingerprint density at radius 2 is 1.70 bits per heavy atom. The first-order valence-corrected chi connectivity index (χ1v) is 8.92. The lowest BCUT2D eigenvalue weighted by Gasteiger charge is -2.34. The van der Waals surface area contributed by atoms with Gasteiger partial charge in [-0.3, -0.25) is 0 Å². The van der Waals surface area contributed by atoms with Crippen LogP contribution in [0.15, 0.2) is 37.0 Å². The maximum absolute atomic E-state index is 15.0. The first-order chi connectivity index (χ1) is 13.8. The van der Waals surface area contributed by atoms with Gasteiger partial charge in [-0.2, -0.15) is 26.3 Å². The summed E-state index contributed by atoms with van der Waals surface area (Å²) in [6.45, 7) is 4.74. The van der Waals surface area contributed by atoms with Crippen LogP contribution in [0.5, 0.6) is 0 Å². The van der Waals surface area contributed by atoms with Gasteiger partial charge >= 0.3 is 23.2 Å². The molecular formula is C19H15ClF6N2O2. The number of alkyl halides is 7. The molecule has 3 rings (SSSR count). The number of aromatic nitrogens is 1. The van der Waals surface area contributed by atoms with E-state index in [1.807, 2.05) is 0 Å². The minimum Gasteiger partial charge on any atom is -0.462 e. The molecule has 1 aromatic heterocycles. The number of fused-ring (bicyclic) bond motifs is 3. The topological polar surface area (TPSA) is 34.5 Å². The van der Waals surface area contributed by atoms with Crippen molar-refractivity contribution in [2.24, 2.45) is 0 Å². The van der Waals surface area contributed by atoms with E-state index in [1.165, 1.54) is 24.9 Å². The standard InChI is InChI=1S/C19H15ClF6N2O2/c1-4-30-16(29)11-9-28-13-8-6-5-7-12(13)27(3)10(2)15(28)14(11)17(21,22)18(23,24)19(20,25)26/h5-9H,2,4H2,1,3H3. The quantitative estimate of drug-likeness (QED) is 0.335. The van der Waals surface area contributed by atoms with Crippen molar-refractivity contribution >= 4 is 29.0 Å². The largest absolute Gasteiger partial charge is 0.462 e. The van der Waals surface area contributed by atoms with Crippen molar-refractivity contribution in [2.75, 3.05) is 18.6 Å². The minimum atomic E-state index is -6.03. The maximum Gasteiger partial charge on any atom is 0.390 e. The average molecular weight is 453 g/mol. The molecule has 0 fully saturated rings. The van der Waals surface area contributed by atoms with E-state index in [2.05, 4.69) is 18.2 Å². The van der Waals surface area contributed by atoms with Gasteiger partial charge in [0.15, 0.2) is 0 Å². The predicted molar refractivity (Wildman–Crippen MR) is 98.8 cm³/mol. The van der Waals surface area contributed by atoms with Crippen molar-refractivity contribution in [3.05, 3.63) is 53.9 Å². The van der Waals surface area contributed by atoms with Gasteiger partial charge < -0.3 is 14.2 Å². The molecule has 0 unspecified atom stereocenters. The van der Waals surface area contributed by atoms with Gasteiger partial charge in [0.1, 0.15) is 0 Å². The van der Waals surface area contributed by atoms with E-state index in [0.717, 1.165) is 10.8 Å². The van der Waals surface area contributed by atoms with Gasteiger partial charge in [-0.1, -0.05) is 18.7 Å². The fourth-order valence-corrected chi connectivity index (χ4v) is 3.37. The van der Waals surface area contributed by atoms with Gasteiger partial charge in [-0.25, -0.2) is 4.79 Å². The molecule has 0 aliphatic carbocycles. The summed E-state index contributed by atoms with van der Waals surface area (Å²) in [4.78, 5) is 13.6. The second-order valence-electron chi connectivity index (χ2n) is 6.50. The molecule has 0 radical (unpaired) electrons. The third kappa shape index (κ3) is 2.96. The Morgan fingerprint density at radius 1 is 1.13 bits per heavy atom. The highest BCUT2D eigenvalue weighted by molar-refractivity contribution is 6.22. The van der Waals surface area contributed by atoms with Gasteiger partial charge in [0, 0.05) is 13.2 Å². The highest BCUT2D eigenvalue weighted by atomic mass is 35.5. The number of halogens is 7. The fraction of sp³-hybridized carbons (Fsp3) is 0.316. The summed E-state index contributed by atoms with van der Waals surface area (Å²) in [7, 11) is 1.43. The average Bonchev–Trinajstić information content (AvgIpc) is 3.07. The van der Waals surface area contributed by atoms with Gasteiger partial charge in [-0.15, -0.1) is 0 Å². The molecule has 2 aromatic rings. The van der Waals surface area contributed by atoms with Crippen LogP contribution >= 0.6 is 11.6 Å². The third-order valence-electron chi connectivity index (χ3n) is 4.75. The van der Waals surface area contributed by atoms with E-state index in [4.69, 9.17) is 4.74 Å². The Morgan fingerprint density at radius 3 is 2.23 bits per heavy atom. The zero-order valence-corrected chi connectivity index (χ0v) is 16.4. The summed E-state index contributed by atoms with van der Waals surface area (Å²) in [5.41, 5.74) is -2.78. The first kappa shape index (κ1) is 22.1. The Balaban J connectivity index is 2.41. The van der Waals surface area contributed by atoms with Crippen LogP contribution < -0.4 is 4.90 Å². The molecule has 30 heavy (non-hydrogen) atoms. The van der Waals surface area contributed by atoms with Crippen molar-refractivity contribution in [1.82, 2.24) is 4.57 Å². The monoisotopic (exact) mass is 452 g/mol. The maximum atomic E-state index is 15.0. The Kier molecular flexibility index (Phi) is 5.13. The highest BCUT2D eigenvalue weighted by Crippen LogP contribution is 2.56. The number of carbonyl (C=O) groups is 1. The Bertz CT molecular complexity index is 1030. The predicted octanol–water partition coefficient (Wildman–Crippen LogP) is 5.63. The molecule has 0 spiro atoms. The lowest BCUT2D eigenvalue weighted by Crippen LogP contribution is -2.50. The summed E-state index contributed by atoms with van der Waals surface area (Å²) < 4.78 is 90.6. The number of rotatable bonds is 5. The van der Waals surface area contributed by atoms with Crippen molar-refractivity contribution in [1.29, 1.82) is 0 Å². The van der Waals surface area contributed by atoms with Crippen molar-refractivity contribution in [3.63, 3.8) is 0 Å². The number of ether oxygens (including phenoxy) is 1. The van der Waals surface area contributed by atoms with Gasteiger partial charge in [0.05, 0.1) is 40.5 Å². The molecule has 0 atom stereocenters. The van der Waals surface area contributed by atoms with Crippen molar-refractivity contribution < 1.29 is 35.9 Å². The Hall–Kier alpha value is -2.62. The molecule has 11 heteroatoms. The number of carbonyl (C=O) groups excluding carboxylic acids is 1. The molecular weight excluding hydrogens is 438 g/mol. The van der Waals surface area contributed by atoms with Crippen LogP contribution in [0.2, 0.25) is 0 Å². The number of hydrogen-bond donors (Lipinski definition) is 0. The third-order valence-corrected chi connectivity index (χ3v) is 4.98. The Labute approximate surface area is 172 Å². The first-order valence-electron chi connectivity index (χ1n) is 8.55. The van der Waals surface area contributed by atoms with E-state index in [-0.39, 0.29) is 18.0 Å². The van der Waals surface area contributed by atoms with E-state index in [1.54, 1.807) is 18.2 Å². The van der Waals surface area contributed by atoms with E-state index in [9.17, 15) is 31.1 Å². The zero-order chi connectivity index (χ0) is 22.6. The molecule has 0 amide bonds. The zero-order valence-electron chi connectivity index (χ0n) is 15.7. The molecule has 1 aliphatic heterocycles. The molecule has 0 bridgehead atoms. The second-order valence-corrected chi connectivity index (χ2v) is 6.97. The van der Waals surface area contributed by atoms with Gasteiger partial charge in [0.2, 0.25) is 0 Å². The van der Waals surface area contributed by atoms with Crippen LogP contribution in [0.4, 0.5) is 32.0 Å². The summed E-state index contributed by atoms with van der Waals surface area (Å²) in [5.74, 6) is -13.0. The molecule has 0 saturated carbocycles. The van der Waals surface area contributed by atoms with E-state index >= 15 is 0 Å². The number of hydrogen-bond acceptors (Lipinski definition) is 3. The lowest BCUT2D eigenvalue weighted by atomic mass is 9.96. The van der Waals surface area contributed by atoms with E-state index in [0.29, 0.717) is 5.69 Å². The number of para-hydroxylation sites is 2. The van der Waals surface area contributed by atoms with Crippen molar-refractivity contribution in [2.45, 2.75) is 24.2 Å². The molecule has 162 valence electrons. The van der Waals surface area contributed by atoms with Crippen LogP contribution in [0.3, 0.4) is 0 Å². The molecule has 0 saturated heterocycles. The smallest absolute Gasteiger partial charge is 0.390 e. The minimum absolute atomic E-state index is 0.215. The van der Waals surface area contributed by atoms with Crippen LogP contribution in [0.1, 0.15) is 28.5 Å². The molecule has 1 aromatic carbocycles. The summed E-state index contributed by atoms with van der Waals surface area (Å²) >= 11 is 4.33. The number of nitrogens with zero attached hydrogens (tertiary/aromatic N) is 2. The highest BCUT2D eigenvalue weighted by Gasteiger charge is 2.73. The summed E-state index contributed by atoms with van der Waals surface area (Å²) in [6, 6.07) is 6.27. The van der Waals surface area contributed by atoms with Gasteiger partial charge in [0.25, 0.3) is 0 Å². The SMILES string of the molecule is C=C1c2c(C(F)(F)C(F)(F)C(F)(F)Cl)c(C(=O)OCC)cn2-c2ccccc2N1C. The summed E-state index contributed by atoms with van der Waals surface area (Å²) in [5, 5.41) is -5.60. The molecule has 4 nitrogen and oxygen atoms in total. The van der Waals surface area contributed by atoms with Crippen LogP contribution in [-0.4, -0.2) is 35.5 Å². The second kappa shape index (κ2) is 6.97. The number of anilines is 1. The molecule has 2 heterocycles. The lowest BCUT2D eigenvalue weighted by molar-refractivity contribution is -0.286. The number of esters is 1. The molecule has 0 N–H and O–H groups in total.